The number of nitrogen functional groups attached to an aromatic ring is 1. The topological polar surface area (TPSA) is 604 Å². The number of carbonyl (C=O) groups excluding carboxylic acids is 8. The number of aromatic nitrogens is 5. The summed E-state index contributed by atoms with van der Waals surface area (Å²) in [4.78, 5) is 194. The standard InChI is InChI=1S/C67H92N16O22S3/c1-32-9-7-11-45-46(26-47(33(2)23-38-30-106-35(4)74-38)105-52(90)27-48(84)67(5,6)55(92)34(3)54(32)91)83(45)19-20-103-66(102)104-21-22-107-108-31-44(63(100)101)80-60(96)43(25-51(88)89)79-58(94)40(10-8-18-71-64(68)69)77-59(95)42(24-50(86)87)76-49(85)17-16-41(62(98)99)78-57(93)36-12-14-37(15-13-36)72-28-39-29-73-56-53(75-39)61(97)82-65(70)81-56/h12-15,23,29-30,32,34,40-48,54,72,84,91H,7-11,16-22,24-28,31H2,1-6H3,(H,76,85)(H,77,95)(H,78,93)(H,79,94)(H,80,96)(H,86,87)(H,88,89)(H,98,99)(H,100,101)(H4,68,69,71)(H3,70,73,81,82,97)/b33-23+/t32?,34-,40?,41+,42+,43+,44?,45-,46+,47+,48?,54+,83?/m1/s1. The van der Waals surface area contributed by atoms with Crippen LogP contribution in [0.1, 0.15) is 132 Å². The number of H-pyrrole nitrogens is 1. The summed E-state index contributed by atoms with van der Waals surface area (Å²) in [6.45, 7) is 10.1. The first-order valence-electron chi connectivity index (χ1n) is 34.3. The number of esters is 1. The molecule has 13 atom stereocenters. The number of benzene rings is 1. The zero-order valence-corrected chi connectivity index (χ0v) is 62.5. The largest absolute Gasteiger partial charge is 0.508 e. The first-order valence-corrected chi connectivity index (χ1v) is 37.7. The molecule has 3 aromatic heterocycles. The lowest BCUT2D eigenvalue weighted by Crippen LogP contribution is -2.58. The van der Waals surface area contributed by atoms with Crippen LogP contribution in [0.4, 0.5) is 16.4 Å². The molecule has 0 bridgehead atoms. The molecule has 108 heavy (non-hydrogen) atoms. The number of anilines is 2. The van der Waals surface area contributed by atoms with Crippen LogP contribution in [0, 0.1) is 24.2 Å². The highest BCUT2D eigenvalue weighted by Crippen LogP contribution is 2.39. The van der Waals surface area contributed by atoms with Gasteiger partial charge in [-0.3, -0.25) is 62.8 Å². The number of amides is 5. The van der Waals surface area contributed by atoms with E-state index in [4.69, 9.17) is 31.4 Å². The SMILES string of the molecule is C/C(=C\c1csc(C)n1)[C@@H]1C[C@H]2[C@@H](CCCC(C)[C@H](O)[C@@H](C)C(=O)C(C)(C)C(O)CC(=O)O1)N2CCOC(=O)OCCSSCC(NC(=O)[C@H](CC(=O)O)NC(=O)C(CCCN=C(N)N)NC(=O)[C@H](CC(=O)O)NC(=O)CC[C@H](NC(=O)c1ccc(NCc2cnc3nc(N)[nH]c(=O)c3n2)cc1)C(=O)O)C(=O)O. The van der Waals surface area contributed by atoms with Crippen molar-refractivity contribution in [3.05, 3.63) is 73.7 Å². The number of ether oxygens (including phenoxy) is 3. The molecule has 5 heterocycles. The van der Waals surface area contributed by atoms with Crippen LogP contribution < -0.4 is 54.7 Å². The third kappa shape index (κ3) is 27.3. The van der Waals surface area contributed by atoms with E-state index in [0.717, 1.165) is 26.6 Å². The van der Waals surface area contributed by atoms with Crippen LogP contribution in [-0.4, -0.2) is 236 Å². The molecule has 2 aliphatic rings. The van der Waals surface area contributed by atoms with Gasteiger partial charge in [0.25, 0.3) is 11.5 Å². The van der Waals surface area contributed by atoms with Gasteiger partial charge in [0.05, 0.1) is 66.0 Å². The highest BCUT2D eigenvalue weighted by molar-refractivity contribution is 8.76. The molecular weight excluding hydrogens is 1480 g/mol. The van der Waals surface area contributed by atoms with Crippen molar-refractivity contribution in [3.8, 4) is 0 Å². The van der Waals surface area contributed by atoms with Gasteiger partial charge in [-0.2, -0.15) is 4.98 Å². The maximum atomic E-state index is 14.0. The van der Waals surface area contributed by atoms with Crippen molar-refractivity contribution in [1.29, 1.82) is 0 Å². The van der Waals surface area contributed by atoms with Crippen LogP contribution in [0.25, 0.3) is 17.2 Å². The second kappa shape index (κ2) is 41.3. The average Bonchev–Trinajstić information content (AvgIpc) is 1.61. The Morgan fingerprint density at radius 2 is 1.45 bits per heavy atom. The predicted molar refractivity (Wildman–Crippen MR) is 393 cm³/mol. The van der Waals surface area contributed by atoms with E-state index in [9.17, 15) is 93.0 Å². The van der Waals surface area contributed by atoms with Gasteiger partial charge in [-0.25, -0.2) is 29.3 Å². The molecule has 0 radical (unpaired) electrons. The van der Waals surface area contributed by atoms with Crippen molar-refractivity contribution in [2.75, 3.05) is 48.9 Å². The van der Waals surface area contributed by atoms with Gasteiger partial charge in [0, 0.05) is 72.1 Å². The van der Waals surface area contributed by atoms with E-state index in [1.54, 1.807) is 20.8 Å². The highest BCUT2D eigenvalue weighted by atomic mass is 33.1. The molecule has 4 aromatic rings. The number of carboxylic acids is 4. The second-order valence-corrected chi connectivity index (χ2v) is 30.1. The summed E-state index contributed by atoms with van der Waals surface area (Å²) in [5.41, 5.74) is 16.7. The molecule has 2 fully saturated rings. The molecule has 590 valence electrons. The van der Waals surface area contributed by atoms with Gasteiger partial charge in [0.2, 0.25) is 29.6 Å². The van der Waals surface area contributed by atoms with E-state index in [-0.39, 0.29) is 110 Å². The van der Waals surface area contributed by atoms with Crippen molar-refractivity contribution in [2.24, 2.45) is 33.7 Å². The number of nitrogens with one attached hydrogen (secondary N) is 7. The number of carboxylic acid groups (broad SMARTS) is 4. The van der Waals surface area contributed by atoms with Crippen LogP contribution in [-0.2, 0) is 68.7 Å². The molecule has 0 aliphatic carbocycles. The number of hydrogen-bond donors (Lipinski definition) is 16. The van der Waals surface area contributed by atoms with E-state index in [1.807, 2.05) is 32.2 Å². The number of thiazole rings is 1. The van der Waals surface area contributed by atoms with Gasteiger partial charge in [0.1, 0.15) is 55.3 Å². The first kappa shape index (κ1) is 86.8. The Kier molecular flexibility index (Phi) is 33.2. The number of rotatable bonds is 36. The maximum absolute atomic E-state index is 14.0. The third-order valence-corrected chi connectivity index (χ3v) is 21.0. The molecule has 6 rings (SSSR count). The summed E-state index contributed by atoms with van der Waals surface area (Å²) in [6, 6.07) is -3.57. The number of aliphatic imine (C=N–C) groups is 1. The molecule has 38 nitrogen and oxygen atoms in total. The summed E-state index contributed by atoms with van der Waals surface area (Å²) in [6.07, 6.45) is -3.16. The van der Waals surface area contributed by atoms with E-state index in [0.29, 0.717) is 48.3 Å². The molecule has 5 unspecified atom stereocenters. The monoisotopic (exact) mass is 1570 g/mol. The zero-order chi connectivity index (χ0) is 79.7. The van der Waals surface area contributed by atoms with Crippen molar-refractivity contribution < 1.29 is 102 Å². The molecule has 5 amide bonds. The predicted octanol–water partition coefficient (Wildman–Crippen LogP) is 0.818. The second-order valence-electron chi connectivity index (χ2n) is 26.4. The van der Waals surface area contributed by atoms with Crippen LogP contribution in [0.2, 0.25) is 0 Å². The van der Waals surface area contributed by atoms with Gasteiger partial charge in [-0.05, 0) is 87.8 Å². The molecule has 0 spiro atoms. The highest BCUT2D eigenvalue weighted by Gasteiger charge is 2.49. The Morgan fingerprint density at radius 1 is 0.815 bits per heavy atom. The van der Waals surface area contributed by atoms with Crippen molar-refractivity contribution in [3.63, 3.8) is 0 Å². The Balaban J connectivity index is 0.985. The quantitative estimate of drug-likeness (QED) is 0.00748. The lowest BCUT2D eigenvalue weighted by Gasteiger charge is -2.34. The number of ketones is 1. The number of nitrogens with zero attached hydrogens (tertiary/aromatic N) is 6. The van der Waals surface area contributed by atoms with Crippen LogP contribution in [0.5, 0.6) is 0 Å². The van der Waals surface area contributed by atoms with E-state index < -0.39 is 163 Å². The Bertz CT molecular complexity index is 4010. The summed E-state index contributed by atoms with van der Waals surface area (Å²) >= 11 is 1.45. The molecule has 19 N–H and O–H groups in total. The minimum Gasteiger partial charge on any atom is -0.481 e. The minimum atomic E-state index is -2.00. The van der Waals surface area contributed by atoms with Gasteiger partial charge in [0.15, 0.2) is 17.1 Å². The lowest BCUT2D eigenvalue weighted by molar-refractivity contribution is -0.155. The molecular formula is C67H92N16O22S3. The molecule has 2 saturated heterocycles. The van der Waals surface area contributed by atoms with Crippen LogP contribution >= 0.6 is 32.9 Å². The molecule has 0 saturated carbocycles. The van der Waals surface area contributed by atoms with E-state index >= 15 is 0 Å². The number of hydrogen-bond acceptors (Lipinski definition) is 29. The summed E-state index contributed by atoms with van der Waals surface area (Å²) in [5, 5.41) is 78.9. The van der Waals surface area contributed by atoms with Crippen molar-refractivity contribution in [2.45, 2.75) is 179 Å². The smallest absolute Gasteiger partial charge is 0.481 e. The number of nitrogens with two attached hydrogens (primary N) is 3. The lowest BCUT2D eigenvalue weighted by atomic mass is 9.73. The van der Waals surface area contributed by atoms with Gasteiger partial charge in [-0.1, -0.05) is 55.7 Å². The number of cyclic esters (lactones) is 1. The fourth-order valence-corrected chi connectivity index (χ4v) is 14.3. The summed E-state index contributed by atoms with van der Waals surface area (Å²) in [5.74, 6) is -15.1. The normalized spacial score (nSPS) is 20.9. The summed E-state index contributed by atoms with van der Waals surface area (Å²) < 4.78 is 16.7. The van der Waals surface area contributed by atoms with E-state index in [1.165, 1.54) is 41.8 Å². The Labute approximate surface area is 630 Å². The fraction of sp³-hybridized carbons (Fsp3) is 0.552. The maximum Gasteiger partial charge on any atom is 0.508 e. The van der Waals surface area contributed by atoms with Gasteiger partial charge < -0.3 is 94.0 Å². The Hall–Kier alpha value is -10.1. The zero-order valence-electron chi connectivity index (χ0n) is 60.1. The molecule has 1 aromatic carbocycles. The fourth-order valence-electron chi connectivity index (χ4n) is 11.7. The number of Topliss-reactive ketones (excluding diaryl/α,β-unsaturated/α-hetero) is 1. The van der Waals surface area contributed by atoms with Gasteiger partial charge in [-0.15, -0.1) is 11.3 Å². The van der Waals surface area contributed by atoms with Gasteiger partial charge >= 0.3 is 36.0 Å². The third-order valence-electron chi connectivity index (χ3n) is 17.8. The molecule has 41 heteroatoms. The van der Waals surface area contributed by atoms with Crippen LogP contribution in [0.15, 0.2) is 51.2 Å². The number of guanidine groups is 1. The number of aromatic amines is 1. The van der Waals surface area contributed by atoms with Crippen molar-refractivity contribution in [1.82, 2.24) is 56.4 Å². The number of aliphatic hydroxyl groups is 2. The van der Waals surface area contributed by atoms with Crippen LogP contribution in [0.3, 0.4) is 0 Å². The number of carbonyl (C=O) groups is 12. The minimum absolute atomic E-state index is 0.000727. The number of fused-ring (bicyclic) bond motifs is 2. The van der Waals surface area contributed by atoms with E-state index in [2.05, 4.69) is 66.7 Å². The average molecular weight is 1570 g/mol. The number of aryl methyl sites for hydroxylation is 1. The molecule has 2 aliphatic heterocycles. The number of aliphatic carboxylic acids is 4. The summed E-state index contributed by atoms with van der Waals surface area (Å²) in [7, 11) is 1.96. The van der Waals surface area contributed by atoms with Crippen molar-refractivity contribution >= 4 is 139 Å². The number of aliphatic hydroxyl groups excluding tert-OH is 2. The first-order chi connectivity index (χ1) is 51.0. The Morgan fingerprint density at radius 3 is 2.09 bits per heavy atom.